The van der Waals surface area contributed by atoms with Crippen molar-refractivity contribution in [3.05, 3.63) is 28.3 Å². The van der Waals surface area contributed by atoms with E-state index in [1.807, 2.05) is 4.90 Å². The summed E-state index contributed by atoms with van der Waals surface area (Å²) in [5.41, 5.74) is 0.453. The number of rotatable bonds is 9. The van der Waals surface area contributed by atoms with Gasteiger partial charge in [0.25, 0.3) is 5.69 Å². The zero-order valence-corrected chi connectivity index (χ0v) is 14.0. The first kappa shape index (κ1) is 18.7. The second kappa shape index (κ2) is 8.36. The minimum atomic E-state index is -1.13. The van der Waals surface area contributed by atoms with Gasteiger partial charge in [-0.2, -0.15) is 0 Å². The van der Waals surface area contributed by atoms with E-state index < -0.39 is 17.5 Å². The minimum absolute atomic E-state index is 0.0748. The van der Waals surface area contributed by atoms with Gasteiger partial charge in [-0.25, -0.2) is 4.79 Å². The van der Waals surface area contributed by atoms with Crippen LogP contribution < -0.4 is 9.64 Å². The SMILES string of the molecule is CC(C)CN(CC(C)C)c1ccc(OCC(=O)O)cc1[N+](=O)[O-]. The van der Waals surface area contributed by atoms with Crippen LogP contribution in [0.15, 0.2) is 18.2 Å². The molecule has 0 heterocycles. The summed E-state index contributed by atoms with van der Waals surface area (Å²) >= 11 is 0. The van der Waals surface area contributed by atoms with E-state index in [1.165, 1.54) is 6.07 Å². The maximum atomic E-state index is 11.4. The van der Waals surface area contributed by atoms with Crippen molar-refractivity contribution in [2.45, 2.75) is 27.7 Å². The zero-order valence-electron chi connectivity index (χ0n) is 14.0. The first-order chi connectivity index (χ1) is 10.7. The summed E-state index contributed by atoms with van der Waals surface area (Å²) in [5.74, 6) is -0.234. The molecule has 0 aromatic heterocycles. The fourth-order valence-corrected chi connectivity index (χ4v) is 2.30. The van der Waals surface area contributed by atoms with Gasteiger partial charge in [-0.3, -0.25) is 10.1 Å². The largest absolute Gasteiger partial charge is 0.482 e. The molecule has 1 rings (SSSR count). The lowest BCUT2D eigenvalue weighted by atomic mass is 10.1. The third kappa shape index (κ3) is 6.14. The molecule has 1 aromatic carbocycles. The van der Waals surface area contributed by atoms with Gasteiger partial charge in [0.1, 0.15) is 11.4 Å². The smallest absolute Gasteiger partial charge is 0.341 e. The molecule has 0 spiro atoms. The molecular formula is C16H24N2O5. The van der Waals surface area contributed by atoms with E-state index in [0.29, 0.717) is 30.6 Å². The highest BCUT2D eigenvalue weighted by molar-refractivity contribution is 5.69. The molecule has 0 unspecified atom stereocenters. The average Bonchev–Trinajstić information content (AvgIpc) is 2.43. The Morgan fingerprint density at radius 3 is 2.26 bits per heavy atom. The van der Waals surface area contributed by atoms with Crippen molar-refractivity contribution < 1.29 is 19.6 Å². The summed E-state index contributed by atoms with van der Waals surface area (Å²) in [7, 11) is 0. The first-order valence-corrected chi connectivity index (χ1v) is 7.58. The number of nitrogens with zero attached hydrogens (tertiary/aromatic N) is 2. The van der Waals surface area contributed by atoms with Crippen molar-refractivity contribution in [3.63, 3.8) is 0 Å². The van der Waals surface area contributed by atoms with E-state index in [0.717, 1.165) is 0 Å². The monoisotopic (exact) mass is 324 g/mol. The van der Waals surface area contributed by atoms with Crippen LogP contribution in [0.1, 0.15) is 27.7 Å². The van der Waals surface area contributed by atoms with Crippen LogP contribution >= 0.6 is 0 Å². The molecule has 7 nitrogen and oxygen atoms in total. The van der Waals surface area contributed by atoms with Gasteiger partial charge in [0.2, 0.25) is 0 Å². The van der Waals surface area contributed by atoms with E-state index in [1.54, 1.807) is 12.1 Å². The molecule has 0 aliphatic carbocycles. The van der Waals surface area contributed by atoms with Crippen molar-refractivity contribution in [1.29, 1.82) is 0 Å². The second-order valence-electron chi connectivity index (χ2n) is 6.28. The van der Waals surface area contributed by atoms with Crippen LogP contribution in [0.25, 0.3) is 0 Å². The van der Waals surface area contributed by atoms with Crippen LogP contribution in [0, 0.1) is 22.0 Å². The highest BCUT2D eigenvalue weighted by Gasteiger charge is 2.22. The molecule has 128 valence electrons. The van der Waals surface area contributed by atoms with Gasteiger partial charge in [0, 0.05) is 13.1 Å². The van der Waals surface area contributed by atoms with E-state index in [-0.39, 0.29) is 11.4 Å². The summed E-state index contributed by atoms with van der Waals surface area (Å²) in [6, 6.07) is 4.48. The Hall–Kier alpha value is -2.31. The fraction of sp³-hybridized carbons (Fsp3) is 0.562. The molecule has 0 amide bonds. The molecule has 1 N–H and O–H groups in total. The molecule has 0 fully saturated rings. The third-order valence-electron chi connectivity index (χ3n) is 3.02. The quantitative estimate of drug-likeness (QED) is 0.554. The molecule has 23 heavy (non-hydrogen) atoms. The number of nitro groups is 1. The maximum absolute atomic E-state index is 11.4. The number of benzene rings is 1. The summed E-state index contributed by atoms with van der Waals surface area (Å²) < 4.78 is 5.03. The van der Waals surface area contributed by atoms with E-state index >= 15 is 0 Å². The van der Waals surface area contributed by atoms with Gasteiger partial charge in [-0.05, 0) is 24.0 Å². The number of hydrogen-bond donors (Lipinski definition) is 1. The summed E-state index contributed by atoms with van der Waals surface area (Å²) in [6.45, 7) is 9.11. The van der Waals surface area contributed by atoms with E-state index in [9.17, 15) is 14.9 Å². The number of carbonyl (C=O) groups is 1. The predicted molar refractivity (Wildman–Crippen MR) is 88.1 cm³/mol. The Bertz CT molecular complexity index is 547. The van der Waals surface area contributed by atoms with E-state index in [4.69, 9.17) is 9.84 Å². The predicted octanol–water partition coefficient (Wildman–Crippen LogP) is 3.18. The van der Waals surface area contributed by atoms with Crippen molar-refractivity contribution in [2.75, 3.05) is 24.6 Å². The fourth-order valence-electron chi connectivity index (χ4n) is 2.30. The summed E-state index contributed by atoms with van der Waals surface area (Å²) in [5, 5.41) is 20.0. The van der Waals surface area contributed by atoms with Crippen LogP contribution in [-0.4, -0.2) is 35.7 Å². The molecule has 0 radical (unpaired) electrons. The third-order valence-corrected chi connectivity index (χ3v) is 3.02. The number of carboxylic acid groups (broad SMARTS) is 1. The number of carboxylic acids is 1. The Kier molecular flexibility index (Phi) is 6.81. The van der Waals surface area contributed by atoms with Crippen LogP contribution in [0.4, 0.5) is 11.4 Å². The van der Waals surface area contributed by atoms with Crippen molar-refractivity contribution in [3.8, 4) is 5.75 Å². The molecule has 0 bridgehead atoms. The van der Waals surface area contributed by atoms with Gasteiger partial charge in [-0.15, -0.1) is 0 Å². The Labute approximate surface area is 136 Å². The number of anilines is 1. The van der Waals surface area contributed by atoms with Crippen molar-refractivity contribution >= 4 is 17.3 Å². The Morgan fingerprint density at radius 1 is 1.26 bits per heavy atom. The van der Waals surface area contributed by atoms with Crippen LogP contribution in [0.3, 0.4) is 0 Å². The molecule has 0 saturated heterocycles. The second-order valence-corrected chi connectivity index (χ2v) is 6.28. The van der Waals surface area contributed by atoms with Crippen LogP contribution in [0.2, 0.25) is 0 Å². The highest BCUT2D eigenvalue weighted by atomic mass is 16.6. The standard InChI is InChI=1S/C16H24N2O5/c1-11(2)8-17(9-12(3)4)14-6-5-13(23-10-16(19)20)7-15(14)18(21)22/h5-7,11-12H,8-10H2,1-4H3,(H,19,20). The lowest BCUT2D eigenvalue weighted by Gasteiger charge is -2.28. The van der Waals surface area contributed by atoms with Gasteiger partial charge < -0.3 is 14.7 Å². The Balaban J connectivity index is 3.15. The first-order valence-electron chi connectivity index (χ1n) is 7.58. The highest BCUT2D eigenvalue weighted by Crippen LogP contribution is 2.33. The van der Waals surface area contributed by atoms with Crippen LogP contribution in [0.5, 0.6) is 5.75 Å². The minimum Gasteiger partial charge on any atom is -0.482 e. The molecular weight excluding hydrogens is 300 g/mol. The van der Waals surface area contributed by atoms with Crippen molar-refractivity contribution in [2.24, 2.45) is 11.8 Å². The summed E-state index contributed by atoms with van der Waals surface area (Å²) in [6.07, 6.45) is 0. The molecule has 0 aliphatic heterocycles. The molecule has 0 atom stereocenters. The number of aliphatic carboxylic acids is 1. The van der Waals surface area contributed by atoms with Gasteiger partial charge in [0.15, 0.2) is 6.61 Å². The maximum Gasteiger partial charge on any atom is 0.341 e. The zero-order chi connectivity index (χ0) is 17.6. The molecule has 1 aromatic rings. The van der Waals surface area contributed by atoms with Gasteiger partial charge in [0.05, 0.1) is 11.0 Å². The van der Waals surface area contributed by atoms with Gasteiger partial charge >= 0.3 is 5.97 Å². The van der Waals surface area contributed by atoms with Gasteiger partial charge in [-0.1, -0.05) is 27.7 Å². The summed E-state index contributed by atoms with van der Waals surface area (Å²) in [4.78, 5) is 23.5. The topological polar surface area (TPSA) is 92.9 Å². The van der Waals surface area contributed by atoms with Crippen LogP contribution in [-0.2, 0) is 4.79 Å². The normalized spacial score (nSPS) is 10.9. The van der Waals surface area contributed by atoms with E-state index in [2.05, 4.69) is 27.7 Å². The number of ether oxygens (including phenoxy) is 1. The number of nitro benzene ring substituents is 1. The Morgan fingerprint density at radius 2 is 1.83 bits per heavy atom. The average molecular weight is 324 g/mol. The lowest BCUT2D eigenvalue weighted by molar-refractivity contribution is -0.384. The molecule has 0 saturated carbocycles. The van der Waals surface area contributed by atoms with Crippen molar-refractivity contribution in [1.82, 2.24) is 0 Å². The molecule has 0 aliphatic rings. The molecule has 7 heteroatoms. The lowest BCUT2D eigenvalue weighted by Crippen LogP contribution is -2.31. The number of hydrogen-bond acceptors (Lipinski definition) is 5.